The highest BCUT2D eigenvalue weighted by Crippen LogP contribution is 2.14. The average Bonchev–Trinajstić information content (AvgIpc) is 3.03. The zero-order valence-electron chi connectivity index (χ0n) is 11.7. The number of nitrogens with one attached hydrogen (secondary N) is 2. The number of hydrogen-bond acceptors (Lipinski definition) is 5. The van der Waals surface area contributed by atoms with Gasteiger partial charge in [-0.1, -0.05) is 0 Å². The van der Waals surface area contributed by atoms with Gasteiger partial charge in [0.25, 0.3) is 0 Å². The summed E-state index contributed by atoms with van der Waals surface area (Å²) in [6.45, 7) is 0. The first-order chi connectivity index (χ1) is 10.8. The molecule has 3 aromatic heterocycles. The number of aryl methyl sites for hydroxylation is 1. The maximum atomic E-state index is 11.9. The number of carbonyl (C=O) groups excluding carboxylic acids is 1. The van der Waals surface area contributed by atoms with Crippen molar-refractivity contribution in [1.82, 2.24) is 25.1 Å². The summed E-state index contributed by atoms with van der Waals surface area (Å²) in [4.78, 5) is 24.0. The van der Waals surface area contributed by atoms with E-state index in [2.05, 4.69) is 30.5 Å². The average molecular weight is 294 g/mol. The molecule has 3 rings (SSSR count). The predicted molar refractivity (Wildman–Crippen MR) is 80.8 cm³/mol. The lowest BCUT2D eigenvalue weighted by atomic mass is 10.1. The molecule has 7 nitrogen and oxygen atoms in total. The Morgan fingerprint density at radius 2 is 1.73 bits per heavy atom. The summed E-state index contributed by atoms with van der Waals surface area (Å²) < 4.78 is 0. The number of H-pyrrole nitrogens is 1. The Morgan fingerprint density at radius 3 is 2.45 bits per heavy atom. The molecular formula is C15H14N6O. The highest BCUT2D eigenvalue weighted by atomic mass is 16.1. The molecular weight excluding hydrogens is 280 g/mol. The van der Waals surface area contributed by atoms with Crippen molar-refractivity contribution in [3.05, 3.63) is 54.6 Å². The van der Waals surface area contributed by atoms with Crippen molar-refractivity contribution in [2.24, 2.45) is 0 Å². The lowest BCUT2D eigenvalue weighted by Gasteiger charge is -2.01. The van der Waals surface area contributed by atoms with Gasteiger partial charge < -0.3 is 0 Å². The number of aromatic amines is 1. The lowest BCUT2D eigenvalue weighted by molar-refractivity contribution is -0.116. The molecule has 0 aliphatic rings. The second-order valence-corrected chi connectivity index (χ2v) is 4.65. The SMILES string of the molecule is O=C(CCc1ccncc1)Nc1n[nH]c(-c2ccncc2)n1. The van der Waals surface area contributed by atoms with Gasteiger partial charge in [0.1, 0.15) is 0 Å². The van der Waals surface area contributed by atoms with Crippen LogP contribution in [0.2, 0.25) is 0 Å². The summed E-state index contributed by atoms with van der Waals surface area (Å²) in [6, 6.07) is 7.41. The van der Waals surface area contributed by atoms with Gasteiger partial charge in [0.2, 0.25) is 11.9 Å². The molecule has 0 unspecified atom stereocenters. The van der Waals surface area contributed by atoms with Gasteiger partial charge in [-0.2, -0.15) is 4.98 Å². The van der Waals surface area contributed by atoms with Crippen molar-refractivity contribution in [3.63, 3.8) is 0 Å². The van der Waals surface area contributed by atoms with E-state index in [4.69, 9.17) is 0 Å². The molecule has 0 atom stereocenters. The summed E-state index contributed by atoms with van der Waals surface area (Å²) in [5.41, 5.74) is 1.93. The molecule has 1 amide bonds. The first-order valence-electron chi connectivity index (χ1n) is 6.83. The molecule has 22 heavy (non-hydrogen) atoms. The minimum absolute atomic E-state index is 0.128. The van der Waals surface area contributed by atoms with Crippen LogP contribution >= 0.6 is 0 Å². The van der Waals surface area contributed by atoms with Crippen LogP contribution in [0.25, 0.3) is 11.4 Å². The summed E-state index contributed by atoms with van der Waals surface area (Å²) in [5, 5.41) is 9.46. The van der Waals surface area contributed by atoms with Gasteiger partial charge in [-0.15, -0.1) is 5.10 Å². The maximum Gasteiger partial charge on any atom is 0.249 e. The van der Waals surface area contributed by atoms with Crippen LogP contribution in [0.4, 0.5) is 5.95 Å². The Kier molecular flexibility index (Phi) is 4.15. The Labute approximate surface area is 126 Å². The van der Waals surface area contributed by atoms with E-state index in [1.165, 1.54) is 0 Å². The van der Waals surface area contributed by atoms with Crippen LogP contribution in [-0.2, 0) is 11.2 Å². The molecule has 0 aliphatic carbocycles. The fourth-order valence-corrected chi connectivity index (χ4v) is 1.95. The molecule has 2 N–H and O–H groups in total. The third kappa shape index (κ3) is 3.51. The molecule has 0 aliphatic heterocycles. The molecule has 7 heteroatoms. The molecule has 0 saturated heterocycles. The number of nitrogens with zero attached hydrogens (tertiary/aromatic N) is 4. The molecule has 3 heterocycles. The third-order valence-electron chi connectivity index (χ3n) is 3.08. The standard InChI is InChI=1S/C15H14N6O/c22-13(2-1-11-3-7-16-8-4-11)18-15-19-14(20-21-15)12-5-9-17-10-6-12/h3-10H,1-2H2,(H2,18,19,20,21,22). The van der Waals surface area contributed by atoms with E-state index in [0.29, 0.717) is 18.7 Å². The van der Waals surface area contributed by atoms with Crippen LogP contribution < -0.4 is 5.32 Å². The summed E-state index contributed by atoms with van der Waals surface area (Å²) in [6.07, 6.45) is 7.78. The first-order valence-corrected chi connectivity index (χ1v) is 6.83. The molecule has 0 aromatic carbocycles. The Bertz CT molecular complexity index is 741. The van der Waals surface area contributed by atoms with Crippen LogP contribution in [0.3, 0.4) is 0 Å². The van der Waals surface area contributed by atoms with E-state index in [1.54, 1.807) is 24.8 Å². The molecule has 0 radical (unpaired) electrons. The summed E-state index contributed by atoms with van der Waals surface area (Å²) >= 11 is 0. The van der Waals surface area contributed by atoms with E-state index in [1.807, 2.05) is 24.3 Å². The molecule has 0 spiro atoms. The van der Waals surface area contributed by atoms with Crippen molar-refractivity contribution in [2.45, 2.75) is 12.8 Å². The minimum atomic E-state index is -0.128. The minimum Gasteiger partial charge on any atom is -0.293 e. The van der Waals surface area contributed by atoms with Crippen molar-refractivity contribution in [2.75, 3.05) is 5.32 Å². The van der Waals surface area contributed by atoms with Crippen LogP contribution in [0, 0.1) is 0 Å². The fourth-order valence-electron chi connectivity index (χ4n) is 1.95. The smallest absolute Gasteiger partial charge is 0.249 e. The normalized spacial score (nSPS) is 10.4. The Morgan fingerprint density at radius 1 is 1.05 bits per heavy atom. The Hall–Kier alpha value is -3.09. The van der Waals surface area contributed by atoms with Gasteiger partial charge in [-0.25, -0.2) is 0 Å². The largest absolute Gasteiger partial charge is 0.293 e. The number of aromatic nitrogens is 5. The van der Waals surface area contributed by atoms with E-state index in [0.717, 1.165) is 11.1 Å². The summed E-state index contributed by atoms with van der Waals surface area (Å²) in [7, 11) is 0. The van der Waals surface area contributed by atoms with Gasteiger partial charge in [0.05, 0.1) is 0 Å². The van der Waals surface area contributed by atoms with Crippen LogP contribution in [0.15, 0.2) is 49.1 Å². The van der Waals surface area contributed by atoms with Crippen molar-refractivity contribution in [1.29, 1.82) is 0 Å². The first kappa shape index (κ1) is 13.9. The van der Waals surface area contributed by atoms with E-state index >= 15 is 0 Å². The number of rotatable bonds is 5. The van der Waals surface area contributed by atoms with Crippen molar-refractivity contribution < 1.29 is 4.79 Å². The maximum absolute atomic E-state index is 11.9. The third-order valence-corrected chi connectivity index (χ3v) is 3.08. The number of carbonyl (C=O) groups is 1. The second kappa shape index (κ2) is 6.57. The number of anilines is 1. The van der Waals surface area contributed by atoms with Gasteiger partial charge in [-0.05, 0) is 36.2 Å². The Balaban J connectivity index is 1.57. The van der Waals surface area contributed by atoms with E-state index < -0.39 is 0 Å². The van der Waals surface area contributed by atoms with Crippen LogP contribution in [0.1, 0.15) is 12.0 Å². The number of pyridine rings is 2. The van der Waals surface area contributed by atoms with Crippen molar-refractivity contribution >= 4 is 11.9 Å². The summed E-state index contributed by atoms with van der Waals surface area (Å²) in [5.74, 6) is 0.732. The second-order valence-electron chi connectivity index (χ2n) is 4.65. The zero-order valence-corrected chi connectivity index (χ0v) is 11.7. The monoisotopic (exact) mass is 294 g/mol. The van der Waals surface area contributed by atoms with Gasteiger partial charge in [-0.3, -0.25) is 25.2 Å². The predicted octanol–water partition coefficient (Wildman–Crippen LogP) is 1.83. The lowest BCUT2D eigenvalue weighted by Crippen LogP contribution is -2.13. The molecule has 0 fully saturated rings. The molecule has 0 bridgehead atoms. The van der Waals surface area contributed by atoms with E-state index in [-0.39, 0.29) is 11.9 Å². The van der Waals surface area contributed by atoms with Gasteiger partial charge in [0.15, 0.2) is 5.82 Å². The molecule has 0 saturated carbocycles. The van der Waals surface area contributed by atoms with Gasteiger partial charge >= 0.3 is 0 Å². The quantitative estimate of drug-likeness (QED) is 0.748. The molecule has 3 aromatic rings. The highest BCUT2D eigenvalue weighted by Gasteiger charge is 2.09. The fraction of sp³-hybridized carbons (Fsp3) is 0.133. The molecule has 110 valence electrons. The van der Waals surface area contributed by atoms with Crippen molar-refractivity contribution in [3.8, 4) is 11.4 Å². The van der Waals surface area contributed by atoms with E-state index in [9.17, 15) is 4.79 Å². The number of amides is 1. The van der Waals surface area contributed by atoms with Gasteiger partial charge in [0, 0.05) is 36.8 Å². The topological polar surface area (TPSA) is 96.5 Å². The highest BCUT2D eigenvalue weighted by molar-refractivity contribution is 5.89. The zero-order chi connectivity index (χ0) is 15.2. The van der Waals surface area contributed by atoms with Crippen LogP contribution in [-0.4, -0.2) is 31.1 Å². The number of hydrogen-bond donors (Lipinski definition) is 2. The van der Waals surface area contributed by atoms with Crippen LogP contribution in [0.5, 0.6) is 0 Å².